The van der Waals surface area contributed by atoms with Crippen LogP contribution < -0.4 is 59.1 Å². The van der Waals surface area contributed by atoms with Gasteiger partial charge in [0.1, 0.15) is 0 Å². The molecule has 102 heavy (non-hydrogen) atoms. The summed E-state index contributed by atoms with van der Waals surface area (Å²) in [6, 6.07) is -15.5. The van der Waals surface area contributed by atoms with Crippen LogP contribution in [0.1, 0.15) is 0 Å². The van der Waals surface area contributed by atoms with E-state index >= 15 is 0 Å². The number of ether oxygens (including phenoxy) is 8. The van der Waals surface area contributed by atoms with E-state index in [-0.39, 0.29) is 64.6 Å². The van der Waals surface area contributed by atoms with Gasteiger partial charge in [0, 0.05) is 22.2 Å². The summed E-state index contributed by atoms with van der Waals surface area (Å²) in [5, 5.41) is -20.8. The van der Waals surface area contributed by atoms with Crippen LogP contribution >= 0.6 is 23.2 Å². The molecule has 0 saturated carbocycles. The van der Waals surface area contributed by atoms with Gasteiger partial charge in [-0.05, 0) is 0 Å². The molecule has 0 radical (unpaired) electrons. The Labute approximate surface area is 580 Å². The van der Waals surface area contributed by atoms with Crippen LogP contribution in [0, 0.1) is 0 Å². The van der Waals surface area contributed by atoms with Gasteiger partial charge in [0.05, 0.1) is 0 Å². The van der Waals surface area contributed by atoms with Crippen LogP contribution in [0.3, 0.4) is 0 Å². The normalized spacial score (nSPS) is 16.4. The maximum absolute atomic E-state index is 13.3. The number of hydrogen-bond donors (Lipinski definition) is 0. The van der Waals surface area contributed by atoms with E-state index < -0.39 is 200 Å². The van der Waals surface area contributed by atoms with Crippen molar-refractivity contribution in [3.8, 4) is 0 Å². The van der Waals surface area contributed by atoms with Gasteiger partial charge in [0.15, 0.2) is 29.8 Å². The molecule has 74 heteroatoms. The summed E-state index contributed by atoms with van der Waals surface area (Å²) < 4.78 is 725. The summed E-state index contributed by atoms with van der Waals surface area (Å²) in [6.07, 6.45) is -101. The Morgan fingerprint density at radius 2 is 0.480 bits per heavy atom. The second kappa shape index (κ2) is 38.0. The molecule has 15 nitrogen and oxygen atoms in total. The summed E-state index contributed by atoms with van der Waals surface area (Å²) in [4.78, 5) is 0. The smallest absolute Gasteiger partial charge is 0.768 e. The van der Waals surface area contributed by atoms with E-state index in [1.54, 1.807) is 9.47 Å². The van der Waals surface area contributed by atoms with Crippen LogP contribution in [-0.4, -0.2) is 151 Å². The van der Waals surface area contributed by atoms with Crippen molar-refractivity contribution in [3.63, 3.8) is 0 Å². The fourth-order valence-electron chi connectivity index (χ4n) is 3.27. The van der Waals surface area contributed by atoms with Crippen molar-refractivity contribution in [1.82, 2.24) is 0 Å². The third-order valence-electron chi connectivity index (χ3n) is 7.41. The average Bonchev–Trinajstić information content (AvgIpc) is 0.754. The zero-order valence-electron chi connectivity index (χ0n) is 44.1. The molecule has 0 aliphatic rings. The minimum Gasteiger partial charge on any atom is -0.768 e. The largest absolute Gasteiger partial charge is 1.00 e. The Bertz CT molecular complexity index is 2860. The summed E-state index contributed by atoms with van der Waals surface area (Å²) in [7, 11) is -7.89. The van der Waals surface area contributed by atoms with E-state index in [0.717, 1.165) is 0 Å². The standard InChI is InChI=1S/C7F14O4S.2C7HF13O4S.C7H2F12O2.FI.2Na.H2O/c8-1(9)2(10)24-5(15,16)3(11,4(12,13)14)25-6(17,18)7(19,20)26(21,22)23;2*8-1(9)2(10)23-5(15,16)3(11,4(12,13)14)24-6(17,18)7(19,20)25(21)22;8-1-4(12,13)21-5(14,6(15,16)17)7(18,19)20-3(11)2(9)10;1-2;;;/h;2*(H,21,22);1H2;;;;1H2/q;;;;;2*+1;/p-2. The molecule has 0 spiro atoms. The van der Waals surface area contributed by atoms with E-state index in [1.807, 2.05) is 23.7 Å². The Morgan fingerprint density at radius 3 is 0.608 bits per heavy atom. The van der Waals surface area contributed by atoms with Crippen molar-refractivity contribution in [1.29, 1.82) is 0 Å². The van der Waals surface area contributed by atoms with Gasteiger partial charge in [0.25, 0.3) is 0 Å². The van der Waals surface area contributed by atoms with Crippen LogP contribution in [0.15, 0.2) is 48.4 Å². The number of alkyl halides is 39. The Kier molecular flexibility index (Phi) is 42.8. The topological polar surface area (TPSA) is 220 Å². The monoisotopic (exact) mass is 1860 g/mol. The zero-order chi connectivity index (χ0) is 82.1. The van der Waals surface area contributed by atoms with Gasteiger partial charge in [-0.15, -0.1) is 0 Å². The van der Waals surface area contributed by atoms with Gasteiger partial charge < -0.3 is 33.5 Å². The van der Waals surface area contributed by atoms with Gasteiger partial charge in [-0.25, -0.2) is 4.39 Å². The van der Waals surface area contributed by atoms with Gasteiger partial charge in [-0.3, -0.25) is 27.4 Å². The van der Waals surface area contributed by atoms with E-state index in [2.05, 4.69) is 0 Å². The molecule has 0 aliphatic carbocycles. The molecule has 2 N–H and O–H groups in total. The van der Waals surface area contributed by atoms with Gasteiger partial charge >= 0.3 is 230 Å². The second-order valence-electron chi connectivity index (χ2n) is 14.2. The first-order valence-electron chi connectivity index (χ1n) is 19.0. The fourth-order valence-corrected chi connectivity index (χ4v) is 4.07. The predicted molar refractivity (Wildman–Crippen MR) is 197 cm³/mol. The zero-order valence-corrected chi connectivity index (χ0v) is 52.7. The van der Waals surface area contributed by atoms with E-state index in [4.69, 9.17) is 0 Å². The van der Waals surface area contributed by atoms with Crippen LogP contribution in [0.4, 0.5) is 231 Å². The molecule has 6 unspecified atom stereocenters. The first-order chi connectivity index (χ1) is 42.6. The molecule has 6 atom stereocenters. The molecule has 0 aromatic heterocycles. The molecule has 0 bridgehead atoms. The summed E-state index contributed by atoms with van der Waals surface area (Å²) in [5.74, 6) is -29.2. The van der Waals surface area contributed by atoms with Crippen molar-refractivity contribution in [2.24, 2.45) is 0 Å². The molecule has 0 amide bonds. The third-order valence-corrected chi connectivity index (χ3v) is 9.58. The fraction of sp³-hybridized carbons (Fsp3) is 0.714. The van der Waals surface area contributed by atoms with Crippen molar-refractivity contribution in [2.75, 3.05) is 6.67 Å². The van der Waals surface area contributed by atoms with Crippen LogP contribution in [-0.2, 0) is 70.3 Å². The number of hydrogen-bond acceptors (Lipinski definition) is 14. The Hall–Kier alpha value is -2.85. The van der Waals surface area contributed by atoms with Gasteiger partial charge in [0.2, 0.25) is 0 Å². The molecule has 0 heterocycles. The Morgan fingerprint density at radius 1 is 0.324 bits per heavy atom. The molecular weight excluding hydrogens is 1850 g/mol. The summed E-state index contributed by atoms with van der Waals surface area (Å²) in [6.45, 7) is -3.18. The van der Waals surface area contributed by atoms with Crippen LogP contribution in [0.5, 0.6) is 0 Å². The Balaban J connectivity index is -0.000000189. The minimum atomic E-state index is -7.89. The molecule has 0 aromatic carbocycles. The van der Waals surface area contributed by atoms with Crippen molar-refractivity contribution < 1.29 is 359 Å². The van der Waals surface area contributed by atoms with Gasteiger partial charge in [-0.1, -0.05) is 3.89 Å². The molecule has 604 valence electrons. The minimum absolute atomic E-state index is 0. The molecule has 0 fully saturated rings. The van der Waals surface area contributed by atoms with Crippen LogP contribution in [0.2, 0.25) is 0 Å². The second-order valence-corrected chi connectivity index (χ2v) is 17.5. The first-order valence-corrected chi connectivity index (χ1v) is 23.3. The molecule has 0 aromatic rings. The van der Waals surface area contributed by atoms with Crippen LogP contribution in [0.25, 0.3) is 0 Å². The SMILES string of the molecule is FCC(F)(F)OC(F)(C(F)(F)F)C(F)(F)OC(F)=C(F)F.FI.O.O=S(=O)(F)C(F)(F)C(F)(F)OC(F)(C(F)(F)F)C(F)(F)OC(F)=C(F)F.O=S([O-])C(F)(F)C(F)(F)OC(F)(C(F)(F)F)C(F)(F)OC(F)=C(F)F.O=S([O-])C(F)(F)C(F)(F)OC(F)(C(F)(F)F)C(F)(F)OC(F)=C(F)F.[Na+].[Na+]. The predicted octanol–water partition coefficient (Wildman–Crippen LogP) is 11.2. The molecule has 0 saturated heterocycles. The van der Waals surface area contributed by atoms with Crippen molar-refractivity contribution >= 4 is 55.5 Å². The molecule has 0 rings (SSSR count). The van der Waals surface area contributed by atoms with E-state index in [1.165, 1.54) is 4.74 Å². The number of halogens is 54. The summed E-state index contributed by atoms with van der Waals surface area (Å²) >= 11 is -10.0. The molecule has 0 aliphatic heterocycles. The van der Waals surface area contributed by atoms with Crippen molar-refractivity contribution in [3.05, 3.63) is 48.4 Å². The third kappa shape index (κ3) is 27.7. The average molecular weight is 1860 g/mol. The maximum Gasteiger partial charge on any atom is 1.00 e. The molecular formula is C28H4F53INa2O15S3. The quantitative estimate of drug-likeness (QED) is 0.0187. The van der Waals surface area contributed by atoms with E-state index in [9.17, 15) is 257 Å². The maximum atomic E-state index is 13.3. The number of rotatable bonds is 27. The van der Waals surface area contributed by atoms with E-state index in [0.29, 0.717) is 23.2 Å². The first kappa shape index (κ1) is 115. The summed E-state index contributed by atoms with van der Waals surface area (Å²) in [5.41, 5.74) is 0. The van der Waals surface area contributed by atoms with Crippen molar-refractivity contribution in [2.45, 2.75) is 113 Å². The van der Waals surface area contributed by atoms with Gasteiger partial charge in [-0.2, -0.15) is 231 Å².